The minimum Gasteiger partial charge on any atom is -0.429 e. The molecule has 228 valence electrons. The van der Waals surface area contributed by atoms with Gasteiger partial charge < -0.3 is 4.74 Å². The van der Waals surface area contributed by atoms with Gasteiger partial charge in [0.15, 0.2) is 5.82 Å². The van der Waals surface area contributed by atoms with Crippen LogP contribution in [0.25, 0.3) is 17.0 Å². The van der Waals surface area contributed by atoms with E-state index in [9.17, 15) is 26.3 Å². The average molecular weight is 609 g/mol. The number of hydrogen-bond donors (Lipinski definition) is 0. The molecular weight excluding hydrogens is 578 g/mol. The molecule has 44 heavy (non-hydrogen) atoms. The number of rotatable bonds is 13. The molecule has 0 fully saturated rings. The van der Waals surface area contributed by atoms with Crippen molar-refractivity contribution in [1.29, 1.82) is 0 Å². The van der Waals surface area contributed by atoms with Gasteiger partial charge in [-0.15, -0.1) is 0 Å². The lowest BCUT2D eigenvalue weighted by Crippen LogP contribution is -2.25. The number of nitrogens with zero attached hydrogens (tertiary/aromatic N) is 2. The number of unbranched alkanes of at least 4 members (excludes halogenated alkanes) is 2. The molecule has 1 aromatic heterocycles. The maximum atomic E-state index is 15.0. The molecule has 3 nitrogen and oxygen atoms in total. The second-order valence-electron chi connectivity index (χ2n) is 10.0. The summed E-state index contributed by atoms with van der Waals surface area (Å²) in [7, 11) is 0. The highest BCUT2D eigenvalue weighted by Crippen LogP contribution is 2.37. The third-order valence-corrected chi connectivity index (χ3v) is 6.75. The first kappa shape index (κ1) is 32.3. The number of halogens is 6. The summed E-state index contributed by atoms with van der Waals surface area (Å²) in [5.41, 5.74) is 0.420. The van der Waals surface area contributed by atoms with E-state index in [-0.39, 0.29) is 29.1 Å². The van der Waals surface area contributed by atoms with Gasteiger partial charge in [-0.1, -0.05) is 62.8 Å². The molecule has 0 amide bonds. The number of hydrogen-bond acceptors (Lipinski definition) is 3. The van der Waals surface area contributed by atoms with Crippen LogP contribution in [0.3, 0.4) is 0 Å². The molecule has 0 aliphatic carbocycles. The number of alkyl halides is 2. The molecular formula is C35H30F6N2O. The first-order chi connectivity index (χ1) is 21.1. The minimum absolute atomic E-state index is 0.00340. The summed E-state index contributed by atoms with van der Waals surface area (Å²) >= 11 is 0. The zero-order valence-corrected chi connectivity index (χ0v) is 24.0. The van der Waals surface area contributed by atoms with Crippen molar-refractivity contribution >= 4 is 5.57 Å². The van der Waals surface area contributed by atoms with E-state index >= 15 is 0 Å². The Morgan fingerprint density at radius 2 is 1.52 bits per heavy atom. The quantitative estimate of drug-likeness (QED) is 0.0861. The van der Waals surface area contributed by atoms with Crippen LogP contribution in [-0.2, 0) is 19.0 Å². The Balaban J connectivity index is 1.45. The molecule has 0 spiro atoms. The van der Waals surface area contributed by atoms with Crippen molar-refractivity contribution in [1.82, 2.24) is 9.97 Å². The van der Waals surface area contributed by atoms with Crippen molar-refractivity contribution in [3.63, 3.8) is 0 Å². The topological polar surface area (TPSA) is 35.0 Å². The molecule has 0 atom stereocenters. The van der Waals surface area contributed by atoms with E-state index in [1.54, 1.807) is 12.4 Å². The molecule has 3 aromatic carbocycles. The van der Waals surface area contributed by atoms with Crippen LogP contribution in [-0.4, -0.2) is 9.97 Å². The van der Waals surface area contributed by atoms with Crippen LogP contribution in [0.4, 0.5) is 26.3 Å². The Morgan fingerprint density at radius 1 is 0.886 bits per heavy atom. The van der Waals surface area contributed by atoms with Gasteiger partial charge in [-0.25, -0.2) is 27.5 Å². The Kier molecular flexibility index (Phi) is 10.8. The largest absolute Gasteiger partial charge is 0.432 e. The molecule has 0 saturated carbocycles. The Bertz CT molecular complexity index is 1610. The molecule has 1 heterocycles. The molecule has 0 bridgehead atoms. The Hall–Kier alpha value is -4.66. The van der Waals surface area contributed by atoms with Gasteiger partial charge in [-0.05, 0) is 78.4 Å². The van der Waals surface area contributed by atoms with Gasteiger partial charge in [0.05, 0.1) is 0 Å². The molecule has 0 unspecified atom stereocenters. The molecule has 4 rings (SSSR count). The fourth-order valence-electron chi connectivity index (χ4n) is 4.46. The van der Waals surface area contributed by atoms with E-state index in [2.05, 4.69) is 23.5 Å². The second kappa shape index (κ2) is 14.7. The third kappa shape index (κ3) is 8.24. The number of aryl methyl sites for hydroxylation is 1. The third-order valence-electron chi connectivity index (χ3n) is 6.75. The van der Waals surface area contributed by atoms with Gasteiger partial charge in [-0.2, -0.15) is 8.78 Å². The van der Waals surface area contributed by atoms with Crippen molar-refractivity contribution in [2.24, 2.45) is 0 Å². The van der Waals surface area contributed by atoms with Crippen LogP contribution in [0, 0.1) is 17.5 Å². The maximum absolute atomic E-state index is 15.0. The normalized spacial score (nSPS) is 12.3. The van der Waals surface area contributed by atoms with Crippen LogP contribution >= 0.6 is 0 Å². The van der Waals surface area contributed by atoms with Crippen LogP contribution in [0.1, 0.15) is 48.4 Å². The Labute approximate surface area is 252 Å². The fraction of sp³-hybridized carbons (Fsp3) is 0.200. The van der Waals surface area contributed by atoms with E-state index in [1.807, 2.05) is 0 Å². The summed E-state index contributed by atoms with van der Waals surface area (Å²) in [6.45, 7) is 5.66. The van der Waals surface area contributed by atoms with Gasteiger partial charge in [0.2, 0.25) is 0 Å². The molecule has 0 radical (unpaired) electrons. The number of ether oxygens (including phenoxy) is 1. The second-order valence-corrected chi connectivity index (χ2v) is 10.0. The summed E-state index contributed by atoms with van der Waals surface area (Å²) in [5, 5.41) is 0. The summed E-state index contributed by atoms with van der Waals surface area (Å²) < 4.78 is 92.6. The van der Waals surface area contributed by atoms with E-state index < -0.39 is 35.0 Å². The highest BCUT2D eigenvalue weighted by atomic mass is 19.3. The average Bonchev–Trinajstić information content (AvgIpc) is 3.00. The van der Waals surface area contributed by atoms with E-state index in [0.29, 0.717) is 11.1 Å². The van der Waals surface area contributed by atoms with Crippen LogP contribution in [0.5, 0.6) is 5.75 Å². The van der Waals surface area contributed by atoms with Crippen molar-refractivity contribution in [2.75, 3.05) is 0 Å². The highest BCUT2D eigenvalue weighted by molar-refractivity contribution is 5.78. The van der Waals surface area contributed by atoms with Gasteiger partial charge >= 0.3 is 6.11 Å². The first-order valence-corrected chi connectivity index (χ1v) is 14.0. The van der Waals surface area contributed by atoms with E-state index in [0.717, 1.165) is 43.4 Å². The predicted octanol–water partition coefficient (Wildman–Crippen LogP) is 10.1. The summed E-state index contributed by atoms with van der Waals surface area (Å²) in [4.78, 5) is 8.26. The van der Waals surface area contributed by atoms with Gasteiger partial charge in [0, 0.05) is 23.5 Å². The molecule has 9 heteroatoms. The van der Waals surface area contributed by atoms with Crippen molar-refractivity contribution in [3.8, 4) is 17.1 Å². The minimum atomic E-state index is -4.34. The standard InChI is InChI=1S/C35H30F6N2O/c1-3-5-6-8-24-21-42-34(43-22-24)26-19-31(38)33(32(39)20-26)35(40,41)44-28-16-9-23(10-17-28)11-18-30(37)29(7-4-2)25-12-14-27(36)15-13-25/h4,7,9-10,12-22H,2-3,5-6,8,11H2,1H3/b29-7-,30-18+. The summed E-state index contributed by atoms with van der Waals surface area (Å²) in [6.07, 6.45) is 6.79. The number of benzene rings is 3. The molecule has 0 N–H and O–H groups in total. The van der Waals surface area contributed by atoms with Crippen molar-refractivity contribution in [2.45, 2.75) is 45.1 Å². The van der Waals surface area contributed by atoms with Crippen LogP contribution < -0.4 is 4.74 Å². The Morgan fingerprint density at radius 3 is 2.11 bits per heavy atom. The lowest BCUT2D eigenvalue weighted by atomic mass is 10.0. The monoisotopic (exact) mass is 608 g/mol. The lowest BCUT2D eigenvalue weighted by molar-refractivity contribution is -0.189. The first-order valence-electron chi connectivity index (χ1n) is 14.0. The fourth-order valence-corrected chi connectivity index (χ4v) is 4.46. The molecule has 0 aliphatic heterocycles. The number of aromatic nitrogens is 2. The van der Waals surface area contributed by atoms with Gasteiger partial charge in [0.1, 0.15) is 34.6 Å². The summed E-state index contributed by atoms with van der Waals surface area (Å²) in [5.74, 6) is -4.43. The van der Waals surface area contributed by atoms with Crippen molar-refractivity contribution in [3.05, 3.63) is 143 Å². The predicted molar refractivity (Wildman–Crippen MR) is 159 cm³/mol. The smallest absolute Gasteiger partial charge is 0.429 e. The highest BCUT2D eigenvalue weighted by Gasteiger charge is 2.41. The maximum Gasteiger partial charge on any atom is 0.432 e. The van der Waals surface area contributed by atoms with Crippen LogP contribution in [0.15, 0.2) is 104 Å². The van der Waals surface area contributed by atoms with Crippen LogP contribution in [0.2, 0.25) is 0 Å². The van der Waals surface area contributed by atoms with Crippen molar-refractivity contribution < 1.29 is 31.1 Å². The zero-order valence-electron chi connectivity index (χ0n) is 24.0. The molecule has 0 saturated heterocycles. The summed E-state index contributed by atoms with van der Waals surface area (Å²) in [6, 6.07) is 12.0. The van der Waals surface area contributed by atoms with Gasteiger partial charge in [0.25, 0.3) is 0 Å². The lowest BCUT2D eigenvalue weighted by Gasteiger charge is -2.20. The molecule has 4 aromatic rings. The number of allylic oxidation sites excluding steroid dienone is 5. The SMILES string of the molecule is C=C/C=C(\C(F)=C/Cc1ccc(OC(F)(F)c2c(F)cc(-c3ncc(CCCCC)cn3)cc2F)cc1)c1ccc(F)cc1. The molecule has 0 aliphatic rings. The zero-order chi connectivity index (χ0) is 31.7. The van der Waals surface area contributed by atoms with Gasteiger partial charge in [-0.3, -0.25) is 0 Å². The van der Waals surface area contributed by atoms with E-state index in [1.165, 1.54) is 66.8 Å². The van der Waals surface area contributed by atoms with E-state index in [4.69, 9.17) is 4.74 Å².